The topological polar surface area (TPSA) is 54.4 Å². The molecule has 0 unspecified atom stereocenters. The maximum Gasteiger partial charge on any atom is 0.160 e. The Morgan fingerprint density at radius 1 is 1.08 bits per heavy atom. The molecule has 1 fully saturated rings. The molecule has 0 aromatic heterocycles. The summed E-state index contributed by atoms with van der Waals surface area (Å²) in [5.74, 6) is 0. The molecular formula is C9H18O3S. The number of hydrogen-bond donors (Lipinski definition) is 1. The highest BCUT2D eigenvalue weighted by Crippen LogP contribution is 2.41. The summed E-state index contributed by atoms with van der Waals surface area (Å²) in [7, 11) is -3.13. The van der Waals surface area contributed by atoms with Gasteiger partial charge in [0.2, 0.25) is 0 Å². The van der Waals surface area contributed by atoms with Crippen LogP contribution in [0.4, 0.5) is 0 Å². The number of sulfone groups is 1. The fourth-order valence-electron chi connectivity index (χ4n) is 2.17. The van der Waals surface area contributed by atoms with Crippen molar-refractivity contribution in [2.24, 2.45) is 0 Å². The van der Waals surface area contributed by atoms with E-state index in [0.29, 0.717) is 12.8 Å². The van der Waals surface area contributed by atoms with Gasteiger partial charge in [0.15, 0.2) is 9.84 Å². The molecule has 1 heterocycles. The molecule has 0 saturated carbocycles. The van der Waals surface area contributed by atoms with Gasteiger partial charge in [-0.05, 0) is 40.5 Å². The molecule has 0 bridgehead atoms. The van der Waals surface area contributed by atoms with Crippen molar-refractivity contribution in [2.75, 3.05) is 0 Å². The third-order valence-corrected chi connectivity index (χ3v) is 6.15. The van der Waals surface area contributed by atoms with Crippen LogP contribution in [0.25, 0.3) is 0 Å². The van der Waals surface area contributed by atoms with Crippen LogP contribution in [0.5, 0.6) is 0 Å². The minimum Gasteiger partial charge on any atom is -0.393 e. The quantitative estimate of drug-likeness (QED) is 0.646. The van der Waals surface area contributed by atoms with Gasteiger partial charge in [-0.15, -0.1) is 0 Å². The first-order valence-electron chi connectivity index (χ1n) is 4.52. The standard InChI is InChI=1S/C9H18O3S/c1-8(2)5-7(10)6-9(3,4)13(8,11)12/h7,10H,5-6H2,1-4H3. The zero-order valence-electron chi connectivity index (χ0n) is 8.66. The molecule has 13 heavy (non-hydrogen) atoms. The Hall–Kier alpha value is -0.0900. The van der Waals surface area contributed by atoms with E-state index in [1.54, 1.807) is 27.7 Å². The molecule has 78 valence electrons. The molecule has 4 heteroatoms. The Morgan fingerprint density at radius 3 is 1.69 bits per heavy atom. The summed E-state index contributed by atoms with van der Waals surface area (Å²) >= 11 is 0. The molecule has 0 aliphatic carbocycles. The highest BCUT2D eigenvalue weighted by molar-refractivity contribution is 7.94. The highest BCUT2D eigenvalue weighted by Gasteiger charge is 2.51. The van der Waals surface area contributed by atoms with Gasteiger partial charge in [-0.25, -0.2) is 8.42 Å². The van der Waals surface area contributed by atoms with Crippen molar-refractivity contribution in [1.82, 2.24) is 0 Å². The van der Waals surface area contributed by atoms with Crippen LogP contribution in [0.15, 0.2) is 0 Å². The monoisotopic (exact) mass is 206 g/mol. The summed E-state index contributed by atoms with van der Waals surface area (Å²) in [5, 5.41) is 9.55. The summed E-state index contributed by atoms with van der Waals surface area (Å²) in [6, 6.07) is 0. The van der Waals surface area contributed by atoms with E-state index in [1.165, 1.54) is 0 Å². The van der Waals surface area contributed by atoms with E-state index >= 15 is 0 Å². The first-order chi connectivity index (χ1) is 5.60. The van der Waals surface area contributed by atoms with Gasteiger partial charge in [-0.3, -0.25) is 0 Å². The van der Waals surface area contributed by atoms with E-state index in [9.17, 15) is 13.5 Å². The lowest BCUT2D eigenvalue weighted by molar-refractivity contribution is 0.121. The SMILES string of the molecule is CC1(C)CC(O)CC(C)(C)S1(=O)=O. The predicted molar refractivity (Wildman–Crippen MR) is 52.3 cm³/mol. The largest absolute Gasteiger partial charge is 0.393 e. The molecule has 1 rings (SSSR count). The van der Waals surface area contributed by atoms with Gasteiger partial charge in [-0.1, -0.05) is 0 Å². The van der Waals surface area contributed by atoms with Crippen LogP contribution in [-0.2, 0) is 9.84 Å². The fourth-order valence-corrected chi connectivity index (χ4v) is 4.49. The van der Waals surface area contributed by atoms with Gasteiger partial charge in [0.25, 0.3) is 0 Å². The molecule has 0 spiro atoms. The van der Waals surface area contributed by atoms with Crippen LogP contribution in [-0.4, -0.2) is 29.1 Å². The van der Waals surface area contributed by atoms with E-state index in [2.05, 4.69) is 0 Å². The van der Waals surface area contributed by atoms with Gasteiger partial charge in [0, 0.05) is 0 Å². The molecule has 0 amide bonds. The third-order valence-electron chi connectivity index (χ3n) is 2.91. The number of rotatable bonds is 0. The number of aliphatic hydroxyl groups is 1. The van der Waals surface area contributed by atoms with Crippen molar-refractivity contribution in [1.29, 1.82) is 0 Å². The summed E-state index contributed by atoms with van der Waals surface area (Å²) in [6.07, 6.45) is 0.200. The molecule has 0 atom stereocenters. The number of hydrogen-bond acceptors (Lipinski definition) is 3. The molecule has 1 aliphatic rings. The van der Waals surface area contributed by atoms with Crippen LogP contribution in [0.1, 0.15) is 40.5 Å². The molecular weight excluding hydrogens is 188 g/mol. The average molecular weight is 206 g/mol. The summed E-state index contributed by atoms with van der Waals surface area (Å²) < 4.78 is 22.4. The van der Waals surface area contributed by atoms with Gasteiger partial charge < -0.3 is 5.11 Å². The summed E-state index contributed by atoms with van der Waals surface area (Å²) in [6.45, 7) is 6.75. The second kappa shape index (κ2) is 2.70. The Morgan fingerprint density at radius 2 is 1.38 bits per heavy atom. The van der Waals surface area contributed by atoms with Gasteiger partial charge >= 0.3 is 0 Å². The molecule has 3 nitrogen and oxygen atoms in total. The Kier molecular flexibility index (Phi) is 2.28. The van der Waals surface area contributed by atoms with Crippen molar-refractivity contribution < 1.29 is 13.5 Å². The molecule has 1 N–H and O–H groups in total. The average Bonchev–Trinajstić information content (AvgIpc) is 1.80. The zero-order chi connectivity index (χ0) is 10.5. The highest BCUT2D eigenvalue weighted by atomic mass is 32.2. The first kappa shape index (κ1) is 11.0. The number of aliphatic hydroxyl groups excluding tert-OH is 1. The minimum atomic E-state index is -3.13. The lowest BCUT2D eigenvalue weighted by Crippen LogP contribution is -2.53. The smallest absolute Gasteiger partial charge is 0.160 e. The third kappa shape index (κ3) is 1.50. The van der Waals surface area contributed by atoms with Gasteiger partial charge in [0.1, 0.15) is 0 Å². The van der Waals surface area contributed by atoms with Crippen molar-refractivity contribution >= 4 is 9.84 Å². The van der Waals surface area contributed by atoms with Crippen molar-refractivity contribution in [3.8, 4) is 0 Å². The van der Waals surface area contributed by atoms with Crippen molar-refractivity contribution in [3.63, 3.8) is 0 Å². The predicted octanol–water partition coefficient (Wildman–Crippen LogP) is 1.11. The van der Waals surface area contributed by atoms with E-state index in [-0.39, 0.29) is 0 Å². The van der Waals surface area contributed by atoms with Crippen LogP contribution in [0, 0.1) is 0 Å². The molecule has 0 aromatic carbocycles. The van der Waals surface area contributed by atoms with Crippen LogP contribution in [0.2, 0.25) is 0 Å². The van der Waals surface area contributed by atoms with Crippen LogP contribution < -0.4 is 0 Å². The molecule has 0 radical (unpaired) electrons. The van der Waals surface area contributed by atoms with E-state index in [4.69, 9.17) is 0 Å². The lowest BCUT2D eigenvalue weighted by Gasteiger charge is -2.42. The Bertz CT molecular complexity index is 277. The minimum absolute atomic E-state index is 0.346. The van der Waals surface area contributed by atoms with Crippen LogP contribution in [0.3, 0.4) is 0 Å². The van der Waals surface area contributed by atoms with E-state index in [1.807, 2.05) is 0 Å². The van der Waals surface area contributed by atoms with E-state index < -0.39 is 25.4 Å². The molecule has 0 aromatic rings. The maximum absolute atomic E-state index is 12.0. The van der Waals surface area contributed by atoms with Gasteiger partial charge in [-0.2, -0.15) is 0 Å². The maximum atomic E-state index is 12.0. The Labute approximate surface area is 80.1 Å². The molecule has 1 saturated heterocycles. The summed E-state index contributed by atoms with van der Waals surface area (Å²) in [4.78, 5) is 0. The van der Waals surface area contributed by atoms with Crippen LogP contribution >= 0.6 is 0 Å². The second-order valence-electron chi connectivity index (χ2n) is 5.08. The second-order valence-corrected chi connectivity index (χ2v) is 8.30. The molecule has 1 aliphatic heterocycles. The normalized spacial score (nSPS) is 31.5. The van der Waals surface area contributed by atoms with E-state index in [0.717, 1.165) is 0 Å². The van der Waals surface area contributed by atoms with Gasteiger partial charge in [0.05, 0.1) is 15.6 Å². The zero-order valence-corrected chi connectivity index (χ0v) is 9.48. The first-order valence-corrected chi connectivity index (χ1v) is 6.01. The summed E-state index contributed by atoms with van der Waals surface area (Å²) in [5.41, 5.74) is 0. The fraction of sp³-hybridized carbons (Fsp3) is 1.00. The van der Waals surface area contributed by atoms with Crippen molar-refractivity contribution in [2.45, 2.75) is 56.1 Å². The lowest BCUT2D eigenvalue weighted by atomic mass is 9.95. The Balaban J connectivity index is 3.20. The van der Waals surface area contributed by atoms with Crippen molar-refractivity contribution in [3.05, 3.63) is 0 Å².